The Hall–Kier alpha value is -3.33. The minimum absolute atomic E-state index is 0.0579. The first kappa shape index (κ1) is 22.5. The Bertz CT molecular complexity index is 1070. The van der Waals surface area contributed by atoms with Crippen molar-refractivity contribution in [2.45, 2.75) is 44.0 Å². The molecule has 2 aliphatic heterocycles. The molecule has 1 aromatic carbocycles. The smallest absolute Gasteiger partial charge is 0.256 e. The van der Waals surface area contributed by atoms with E-state index in [4.69, 9.17) is 4.74 Å². The Morgan fingerprint density at radius 3 is 2.50 bits per heavy atom. The molecule has 3 heterocycles. The van der Waals surface area contributed by atoms with E-state index in [0.717, 1.165) is 18.4 Å². The molecule has 34 heavy (non-hydrogen) atoms. The maximum atomic E-state index is 13.6. The van der Waals surface area contributed by atoms with Gasteiger partial charge in [0.25, 0.3) is 5.91 Å². The first-order valence-electron chi connectivity index (χ1n) is 11.7. The van der Waals surface area contributed by atoms with Crippen molar-refractivity contribution >= 4 is 17.7 Å². The van der Waals surface area contributed by atoms with E-state index in [0.29, 0.717) is 25.9 Å². The standard InChI is InChI=1S/C25H27FN4O4/c26-20-7-5-19(6-8-20)24(33)30-21(22(31)28-15-17-2-1-11-27-14-17)16-34-25(30)9-12-29(13-10-25)23(32)18-3-4-18/h1-2,5-8,11,14,18,21H,3-4,9-10,12-13,15-16H2,(H,28,31)/t21-/m1/s1. The number of amides is 3. The van der Waals surface area contributed by atoms with Crippen LogP contribution in [0.25, 0.3) is 0 Å². The highest BCUT2D eigenvalue weighted by Crippen LogP contribution is 2.40. The molecular weight excluding hydrogens is 439 g/mol. The van der Waals surface area contributed by atoms with Crippen LogP contribution in [-0.2, 0) is 20.9 Å². The van der Waals surface area contributed by atoms with Crippen LogP contribution in [0.2, 0.25) is 0 Å². The molecule has 1 N–H and O–H groups in total. The normalized spacial score (nSPS) is 21.5. The van der Waals surface area contributed by atoms with Crippen LogP contribution < -0.4 is 5.32 Å². The topological polar surface area (TPSA) is 91.8 Å². The van der Waals surface area contributed by atoms with Crippen molar-refractivity contribution in [3.63, 3.8) is 0 Å². The zero-order chi connectivity index (χ0) is 23.7. The number of hydrogen-bond donors (Lipinski definition) is 1. The van der Waals surface area contributed by atoms with Gasteiger partial charge in [-0.1, -0.05) is 6.07 Å². The SMILES string of the molecule is O=C(NCc1cccnc1)[C@H]1COC2(CCN(C(=O)C3CC3)CC2)N1C(=O)c1ccc(F)cc1. The molecule has 9 heteroatoms. The molecule has 3 amide bonds. The average Bonchev–Trinajstić information content (AvgIpc) is 3.66. The quantitative estimate of drug-likeness (QED) is 0.729. The lowest BCUT2D eigenvalue weighted by Gasteiger charge is -2.44. The summed E-state index contributed by atoms with van der Waals surface area (Å²) in [5.74, 6) is -0.869. The van der Waals surface area contributed by atoms with Gasteiger partial charge in [0, 0.05) is 56.4 Å². The molecule has 5 rings (SSSR count). The number of ether oxygens (including phenoxy) is 1. The van der Waals surface area contributed by atoms with Gasteiger partial charge in [0.15, 0.2) is 0 Å². The molecule has 1 aliphatic carbocycles. The average molecular weight is 467 g/mol. The second kappa shape index (κ2) is 9.13. The molecular formula is C25H27FN4O4. The van der Waals surface area contributed by atoms with E-state index < -0.39 is 17.6 Å². The van der Waals surface area contributed by atoms with E-state index in [9.17, 15) is 18.8 Å². The van der Waals surface area contributed by atoms with E-state index in [2.05, 4.69) is 10.3 Å². The van der Waals surface area contributed by atoms with Crippen LogP contribution in [0.15, 0.2) is 48.8 Å². The van der Waals surface area contributed by atoms with E-state index in [-0.39, 0.29) is 42.4 Å². The van der Waals surface area contributed by atoms with Gasteiger partial charge in [0.05, 0.1) is 6.61 Å². The summed E-state index contributed by atoms with van der Waals surface area (Å²) in [6.45, 7) is 1.26. The predicted molar refractivity (Wildman–Crippen MR) is 120 cm³/mol. The number of pyridine rings is 1. The molecule has 1 aromatic heterocycles. The summed E-state index contributed by atoms with van der Waals surface area (Å²) in [6, 6.07) is 8.10. The molecule has 1 saturated carbocycles. The van der Waals surface area contributed by atoms with Crippen molar-refractivity contribution in [2.75, 3.05) is 19.7 Å². The summed E-state index contributed by atoms with van der Waals surface area (Å²) < 4.78 is 19.6. The van der Waals surface area contributed by atoms with E-state index in [1.54, 1.807) is 18.5 Å². The van der Waals surface area contributed by atoms with Gasteiger partial charge in [-0.3, -0.25) is 24.3 Å². The van der Waals surface area contributed by atoms with Gasteiger partial charge in [-0.05, 0) is 48.7 Å². The largest absolute Gasteiger partial charge is 0.353 e. The summed E-state index contributed by atoms with van der Waals surface area (Å²) in [6.07, 6.45) is 6.04. The number of nitrogens with one attached hydrogen (secondary N) is 1. The summed E-state index contributed by atoms with van der Waals surface area (Å²) in [5.41, 5.74) is 0.142. The highest BCUT2D eigenvalue weighted by molar-refractivity contribution is 5.98. The van der Waals surface area contributed by atoms with Crippen molar-refractivity contribution in [1.29, 1.82) is 0 Å². The number of halogens is 1. The molecule has 0 unspecified atom stereocenters. The first-order valence-corrected chi connectivity index (χ1v) is 11.7. The predicted octanol–water partition coefficient (Wildman–Crippen LogP) is 2.11. The molecule has 0 radical (unpaired) electrons. The fraction of sp³-hybridized carbons (Fsp3) is 0.440. The summed E-state index contributed by atoms with van der Waals surface area (Å²) >= 11 is 0. The summed E-state index contributed by atoms with van der Waals surface area (Å²) in [4.78, 5) is 46.7. The molecule has 8 nitrogen and oxygen atoms in total. The monoisotopic (exact) mass is 466 g/mol. The molecule has 3 aliphatic rings. The zero-order valence-electron chi connectivity index (χ0n) is 18.8. The van der Waals surface area contributed by atoms with Crippen LogP contribution in [0.5, 0.6) is 0 Å². The van der Waals surface area contributed by atoms with Crippen LogP contribution in [0.4, 0.5) is 4.39 Å². The Labute approximate surface area is 197 Å². The number of benzene rings is 1. The van der Waals surface area contributed by atoms with Crippen molar-refractivity contribution in [3.8, 4) is 0 Å². The molecule has 178 valence electrons. The number of hydrogen-bond acceptors (Lipinski definition) is 5. The van der Waals surface area contributed by atoms with Gasteiger partial charge < -0.3 is 15.0 Å². The number of nitrogens with zero attached hydrogens (tertiary/aromatic N) is 3. The molecule has 1 spiro atoms. The highest BCUT2D eigenvalue weighted by atomic mass is 19.1. The highest BCUT2D eigenvalue weighted by Gasteiger charge is 2.54. The number of piperidine rings is 1. The first-order chi connectivity index (χ1) is 16.5. The van der Waals surface area contributed by atoms with Gasteiger partial charge in [-0.2, -0.15) is 0 Å². The third-order valence-electron chi connectivity index (χ3n) is 6.85. The maximum absolute atomic E-state index is 13.6. The van der Waals surface area contributed by atoms with Crippen LogP contribution in [-0.4, -0.2) is 64.0 Å². The summed E-state index contributed by atoms with van der Waals surface area (Å²) in [5, 5.41) is 2.88. The fourth-order valence-corrected chi connectivity index (χ4v) is 4.77. The number of carbonyl (C=O) groups is 3. The molecule has 2 aromatic rings. The van der Waals surface area contributed by atoms with Gasteiger partial charge in [0.1, 0.15) is 17.6 Å². The number of aromatic nitrogens is 1. The van der Waals surface area contributed by atoms with Gasteiger partial charge in [-0.25, -0.2) is 4.39 Å². The summed E-state index contributed by atoms with van der Waals surface area (Å²) in [7, 11) is 0. The van der Waals surface area contributed by atoms with Crippen LogP contribution in [0.1, 0.15) is 41.6 Å². The third kappa shape index (κ3) is 4.40. The Balaban J connectivity index is 1.36. The fourth-order valence-electron chi connectivity index (χ4n) is 4.77. The van der Waals surface area contributed by atoms with Crippen LogP contribution >= 0.6 is 0 Å². The maximum Gasteiger partial charge on any atom is 0.256 e. The molecule has 2 saturated heterocycles. The van der Waals surface area contributed by atoms with Crippen molar-refractivity contribution in [1.82, 2.24) is 20.1 Å². The number of rotatable bonds is 5. The lowest BCUT2D eigenvalue weighted by atomic mass is 9.96. The van der Waals surface area contributed by atoms with Gasteiger partial charge >= 0.3 is 0 Å². The van der Waals surface area contributed by atoms with Gasteiger partial charge in [0.2, 0.25) is 11.8 Å². The van der Waals surface area contributed by atoms with E-state index >= 15 is 0 Å². The molecule has 0 bridgehead atoms. The molecule has 1 atom stereocenters. The van der Waals surface area contributed by atoms with Crippen molar-refractivity contribution in [2.24, 2.45) is 5.92 Å². The van der Waals surface area contributed by atoms with Crippen molar-refractivity contribution in [3.05, 3.63) is 65.7 Å². The van der Waals surface area contributed by atoms with Crippen LogP contribution in [0.3, 0.4) is 0 Å². The van der Waals surface area contributed by atoms with Gasteiger partial charge in [-0.15, -0.1) is 0 Å². The lowest BCUT2D eigenvalue weighted by Crippen LogP contribution is -2.59. The molecule has 3 fully saturated rings. The Morgan fingerprint density at radius 1 is 1.12 bits per heavy atom. The Morgan fingerprint density at radius 2 is 1.85 bits per heavy atom. The van der Waals surface area contributed by atoms with E-state index in [1.807, 2.05) is 11.0 Å². The van der Waals surface area contributed by atoms with E-state index in [1.165, 1.54) is 29.2 Å². The number of likely N-dealkylation sites (tertiary alicyclic amines) is 1. The van der Waals surface area contributed by atoms with Crippen molar-refractivity contribution < 1.29 is 23.5 Å². The zero-order valence-corrected chi connectivity index (χ0v) is 18.8. The minimum atomic E-state index is -0.984. The lowest BCUT2D eigenvalue weighted by molar-refractivity contribution is -0.144. The number of carbonyl (C=O) groups excluding carboxylic acids is 3. The second-order valence-corrected chi connectivity index (χ2v) is 9.13. The minimum Gasteiger partial charge on any atom is -0.353 e. The Kier molecular flexibility index (Phi) is 6.03. The van der Waals surface area contributed by atoms with Crippen LogP contribution in [0, 0.1) is 11.7 Å². The third-order valence-corrected chi connectivity index (χ3v) is 6.85. The second-order valence-electron chi connectivity index (χ2n) is 9.13.